The van der Waals surface area contributed by atoms with Gasteiger partial charge >= 0.3 is 0 Å². The van der Waals surface area contributed by atoms with Gasteiger partial charge in [-0.1, -0.05) is 0 Å². The van der Waals surface area contributed by atoms with Gasteiger partial charge in [-0.25, -0.2) is 0 Å². The fourth-order valence-corrected chi connectivity index (χ4v) is 3.66. The molecule has 0 aliphatic carbocycles. The maximum atomic E-state index is 11.8. The third-order valence-electron chi connectivity index (χ3n) is 3.54. The largest absolute Gasteiger partial charge is 0.342 e. The fourth-order valence-electron chi connectivity index (χ4n) is 2.55. The van der Waals surface area contributed by atoms with E-state index in [-0.39, 0.29) is 11.4 Å². The van der Waals surface area contributed by atoms with E-state index in [4.69, 9.17) is 0 Å². The molecule has 15 heavy (non-hydrogen) atoms. The molecule has 2 aliphatic heterocycles. The highest BCUT2D eigenvalue weighted by atomic mass is 32.1. The zero-order valence-corrected chi connectivity index (χ0v) is 9.56. The Bertz CT molecular complexity index is 404. The number of nitrogens with one attached hydrogen (secondary N) is 1. The lowest BCUT2D eigenvalue weighted by atomic mass is 9.87. The molecule has 4 heteroatoms. The van der Waals surface area contributed by atoms with Gasteiger partial charge < -0.3 is 10.2 Å². The van der Waals surface area contributed by atoms with E-state index in [1.165, 1.54) is 4.88 Å². The average Bonchev–Trinajstić information content (AvgIpc) is 2.78. The number of thiophene rings is 1. The van der Waals surface area contributed by atoms with E-state index in [1.807, 2.05) is 11.4 Å². The minimum absolute atomic E-state index is 0.0346. The van der Waals surface area contributed by atoms with Gasteiger partial charge in [-0.2, -0.15) is 0 Å². The van der Waals surface area contributed by atoms with E-state index in [0.717, 1.165) is 31.5 Å². The number of hydrogen-bond acceptors (Lipinski definition) is 3. The number of nitrogens with zero attached hydrogens (tertiary/aromatic N) is 1. The molecule has 3 heterocycles. The van der Waals surface area contributed by atoms with Crippen LogP contribution in [0.5, 0.6) is 0 Å². The third kappa shape index (κ3) is 1.25. The number of piperidine rings is 1. The molecule has 0 aromatic carbocycles. The molecular formula is C11H14N2OS. The maximum Gasteiger partial charge on any atom is 0.253 e. The maximum absolute atomic E-state index is 11.8. The van der Waals surface area contributed by atoms with Gasteiger partial charge in [0.25, 0.3) is 5.91 Å². The summed E-state index contributed by atoms with van der Waals surface area (Å²) in [6, 6.07) is 1.95. The Labute approximate surface area is 93.1 Å². The van der Waals surface area contributed by atoms with Gasteiger partial charge in [0.2, 0.25) is 0 Å². The van der Waals surface area contributed by atoms with Crippen molar-refractivity contribution in [1.29, 1.82) is 0 Å². The molecule has 0 atom stereocenters. The highest BCUT2D eigenvalue weighted by molar-refractivity contribution is 7.10. The minimum Gasteiger partial charge on any atom is -0.342 e. The first kappa shape index (κ1) is 9.36. The number of rotatable bonds is 0. The summed E-state index contributed by atoms with van der Waals surface area (Å²) < 4.78 is 0. The number of carbonyl (C=O) groups excluding carboxylic acids is 1. The van der Waals surface area contributed by atoms with Crippen LogP contribution in [0.1, 0.15) is 28.1 Å². The van der Waals surface area contributed by atoms with E-state index in [9.17, 15) is 4.79 Å². The van der Waals surface area contributed by atoms with Crippen LogP contribution < -0.4 is 5.32 Å². The van der Waals surface area contributed by atoms with Crippen LogP contribution >= 0.6 is 11.3 Å². The van der Waals surface area contributed by atoms with Gasteiger partial charge in [0.1, 0.15) is 0 Å². The molecule has 1 aromatic rings. The van der Waals surface area contributed by atoms with Crippen LogP contribution in [0.15, 0.2) is 11.4 Å². The van der Waals surface area contributed by atoms with Gasteiger partial charge in [0.05, 0.1) is 11.1 Å². The molecular weight excluding hydrogens is 208 g/mol. The predicted molar refractivity (Wildman–Crippen MR) is 60.2 cm³/mol. The average molecular weight is 222 g/mol. The van der Waals surface area contributed by atoms with E-state index in [1.54, 1.807) is 11.3 Å². The predicted octanol–water partition coefficient (Wildman–Crippen LogP) is 1.41. The first-order chi connectivity index (χ1) is 7.21. The van der Waals surface area contributed by atoms with E-state index >= 15 is 0 Å². The number of likely N-dealkylation sites (tertiary alicyclic amines) is 1. The topological polar surface area (TPSA) is 32.3 Å². The van der Waals surface area contributed by atoms with Crippen molar-refractivity contribution >= 4 is 17.2 Å². The molecule has 0 unspecified atom stereocenters. The van der Waals surface area contributed by atoms with Crippen molar-refractivity contribution < 1.29 is 4.79 Å². The highest BCUT2D eigenvalue weighted by Gasteiger charge is 2.45. The zero-order valence-electron chi connectivity index (χ0n) is 8.75. The van der Waals surface area contributed by atoms with Crippen molar-refractivity contribution in [1.82, 2.24) is 10.2 Å². The molecule has 0 saturated carbocycles. The van der Waals surface area contributed by atoms with E-state index < -0.39 is 0 Å². The summed E-state index contributed by atoms with van der Waals surface area (Å²) >= 11 is 1.72. The third-order valence-corrected chi connectivity index (χ3v) is 4.66. The van der Waals surface area contributed by atoms with Crippen LogP contribution in [0.25, 0.3) is 0 Å². The van der Waals surface area contributed by atoms with Crippen LogP contribution in [-0.2, 0) is 5.54 Å². The van der Waals surface area contributed by atoms with Gasteiger partial charge in [-0.05, 0) is 31.3 Å². The molecule has 1 fully saturated rings. The smallest absolute Gasteiger partial charge is 0.253 e. The summed E-state index contributed by atoms with van der Waals surface area (Å²) in [4.78, 5) is 15.4. The number of amides is 1. The Morgan fingerprint density at radius 2 is 2.20 bits per heavy atom. The molecule has 0 radical (unpaired) electrons. The molecule has 80 valence electrons. The van der Waals surface area contributed by atoms with Crippen molar-refractivity contribution in [2.75, 3.05) is 20.1 Å². The van der Waals surface area contributed by atoms with Crippen LogP contribution in [0.3, 0.4) is 0 Å². The second-order valence-electron chi connectivity index (χ2n) is 4.50. The molecule has 2 aliphatic rings. The Kier molecular flexibility index (Phi) is 1.91. The molecule has 1 N–H and O–H groups in total. The Balaban J connectivity index is 1.99. The van der Waals surface area contributed by atoms with E-state index in [0.29, 0.717) is 0 Å². The number of hydrogen-bond donors (Lipinski definition) is 1. The van der Waals surface area contributed by atoms with Crippen LogP contribution in [0, 0.1) is 0 Å². The molecule has 0 bridgehead atoms. The molecule has 1 amide bonds. The number of carbonyl (C=O) groups is 1. The Morgan fingerprint density at radius 3 is 2.93 bits per heavy atom. The second kappa shape index (κ2) is 3.06. The minimum atomic E-state index is -0.0346. The zero-order chi connectivity index (χ0) is 10.5. The summed E-state index contributed by atoms with van der Waals surface area (Å²) in [5.41, 5.74) is 0.872. The lowest BCUT2D eigenvalue weighted by Crippen LogP contribution is -2.47. The normalized spacial score (nSPS) is 24.2. The molecule has 1 aromatic heterocycles. The van der Waals surface area contributed by atoms with Crippen LogP contribution in [-0.4, -0.2) is 30.9 Å². The highest BCUT2D eigenvalue weighted by Crippen LogP contribution is 2.42. The first-order valence-corrected chi connectivity index (χ1v) is 6.18. The molecule has 1 spiro atoms. The standard InChI is InChI=1S/C11H14N2OS/c1-13-5-3-11(4-6-13)9-8(2-7-15-9)10(14)12-11/h2,7H,3-6H2,1H3,(H,12,14). The van der Waals surface area contributed by atoms with Crippen molar-refractivity contribution in [3.05, 3.63) is 21.9 Å². The summed E-state index contributed by atoms with van der Waals surface area (Å²) in [5.74, 6) is 0.121. The van der Waals surface area contributed by atoms with Crippen molar-refractivity contribution in [2.45, 2.75) is 18.4 Å². The van der Waals surface area contributed by atoms with E-state index in [2.05, 4.69) is 17.3 Å². The van der Waals surface area contributed by atoms with Crippen molar-refractivity contribution in [3.63, 3.8) is 0 Å². The van der Waals surface area contributed by atoms with Gasteiger partial charge in [-0.15, -0.1) is 11.3 Å². The van der Waals surface area contributed by atoms with Crippen LogP contribution in [0.4, 0.5) is 0 Å². The van der Waals surface area contributed by atoms with Gasteiger partial charge in [-0.3, -0.25) is 4.79 Å². The Morgan fingerprint density at radius 1 is 1.47 bits per heavy atom. The fraction of sp³-hybridized carbons (Fsp3) is 0.545. The SMILES string of the molecule is CN1CCC2(CC1)NC(=O)c1ccsc12. The molecule has 1 saturated heterocycles. The summed E-state index contributed by atoms with van der Waals surface area (Å²) in [5, 5.41) is 5.21. The Hall–Kier alpha value is -0.870. The van der Waals surface area contributed by atoms with Gasteiger partial charge in [0, 0.05) is 18.0 Å². The quantitative estimate of drug-likeness (QED) is 0.720. The summed E-state index contributed by atoms with van der Waals surface area (Å²) in [6.07, 6.45) is 2.09. The lowest BCUT2D eigenvalue weighted by molar-refractivity contribution is 0.0882. The van der Waals surface area contributed by atoms with Crippen molar-refractivity contribution in [3.8, 4) is 0 Å². The monoisotopic (exact) mass is 222 g/mol. The second-order valence-corrected chi connectivity index (χ2v) is 5.42. The summed E-state index contributed by atoms with van der Waals surface area (Å²) in [7, 11) is 2.14. The van der Waals surface area contributed by atoms with Gasteiger partial charge in [0.15, 0.2) is 0 Å². The lowest BCUT2D eigenvalue weighted by Gasteiger charge is -2.37. The number of fused-ring (bicyclic) bond motifs is 2. The summed E-state index contributed by atoms with van der Waals surface area (Å²) in [6.45, 7) is 2.13. The first-order valence-electron chi connectivity index (χ1n) is 5.30. The molecule has 3 rings (SSSR count). The van der Waals surface area contributed by atoms with Crippen molar-refractivity contribution in [2.24, 2.45) is 0 Å². The molecule has 3 nitrogen and oxygen atoms in total. The van der Waals surface area contributed by atoms with Crippen LogP contribution in [0.2, 0.25) is 0 Å².